The average Bonchev–Trinajstić information content (AvgIpc) is 3.04. The van der Waals surface area contributed by atoms with Crippen LogP contribution in [0.5, 0.6) is 0 Å². The van der Waals surface area contributed by atoms with E-state index in [1.165, 1.54) is 38.5 Å². The molecule has 1 amide bonds. The number of hydrogen-bond donors (Lipinski definition) is 1. The molecule has 4 fully saturated rings. The summed E-state index contributed by atoms with van der Waals surface area (Å²) in [6.45, 7) is 2.65. The Bertz CT molecular complexity index is 376. The zero-order chi connectivity index (χ0) is 14.2. The molecule has 0 aromatic heterocycles. The van der Waals surface area contributed by atoms with Crippen LogP contribution in [0.15, 0.2) is 0 Å². The van der Waals surface area contributed by atoms with Crippen molar-refractivity contribution in [2.75, 3.05) is 19.8 Å². The minimum Gasteiger partial charge on any atom is -0.381 e. The highest BCUT2D eigenvalue weighted by atomic mass is 16.5. The third-order valence-corrected chi connectivity index (χ3v) is 5.91. The lowest BCUT2D eigenvalue weighted by molar-refractivity contribution is -0.134. The molecule has 2 saturated heterocycles. The number of fused-ring (bicyclic) bond motifs is 1. The second-order valence-corrected chi connectivity index (χ2v) is 7.56. The van der Waals surface area contributed by atoms with Crippen molar-refractivity contribution in [1.29, 1.82) is 0 Å². The van der Waals surface area contributed by atoms with Crippen molar-refractivity contribution in [2.45, 2.75) is 69.5 Å². The van der Waals surface area contributed by atoms with Crippen molar-refractivity contribution in [3.05, 3.63) is 0 Å². The molecule has 4 unspecified atom stereocenters. The SMILES string of the molecule is O=C(C1CC2CCCCC2N1)N(CC1CCOC1)C1CC1. The second kappa shape index (κ2) is 5.88. The van der Waals surface area contributed by atoms with Crippen LogP contribution in [0.25, 0.3) is 0 Å². The molecular formula is C17H28N2O2. The van der Waals surface area contributed by atoms with E-state index in [1.807, 2.05) is 0 Å². The first kappa shape index (κ1) is 14.0. The Morgan fingerprint density at radius 1 is 1.14 bits per heavy atom. The van der Waals surface area contributed by atoms with Crippen molar-refractivity contribution >= 4 is 5.91 Å². The van der Waals surface area contributed by atoms with Crippen molar-refractivity contribution in [1.82, 2.24) is 10.2 Å². The first-order valence-electron chi connectivity index (χ1n) is 8.95. The van der Waals surface area contributed by atoms with Crippen LogP contribution in [0.1, 0.15) is 51.4 Å². The Hall–Kier alpha value is -0.610. The second-order valence-electron chi connectivity index (χ2n) is 7.56. The van der Waals surface area contributed by atoms with Crippen LogP contribution in [0.4, 0.5) is 0 Å². The van der Waals surface area contributed by atoms with Gasteiger partial charge < -0.3 is 15.0 Å². The molecule has 0 radical (unpaired) electrons. The molecule has 1 N–H and O–H groups in total. The molecule has 0 aromatic rings. The summed E-state index contributed by atoms with van der Waals surface area (Å²) in [6.07, 6.45) is 9.90. The summed E-state index contributed by atoms with van der Waals surface area (Å²) in [7, 11) is 0. The lowest BCUT2D eigenvalue weighted by Crippen LogP contribution is -2.48. The number of nitrogens with zero attached hydrogens (tertiary/aromatic N) is 1. The summed E-state index contributed by atoms with van der Waals surface area (Å²) >= 11 is 0. The highest BCUT2D eigenvalue weighted by Gasteiger charge is 2.43. The molecule has 2 aliphatic heterocycles. The Kier molecular flexibility index (Phi) is 3.92. The maximum Gasteiger partial charge on any atom is 0.239 e. The van der Waals surface area contributed by atoms with Gasteiger partial charge in [0.15, 0.2) is 0 Å². The molecule has 4 aliphatic rings. The summed E-state index contributed by atoms with van der Waals surface area (Å²) in [4.78, 5) is 15.2. The minimum atomic E-state index is 0.0982. The molecule has 2 aliphatic carbocycles. The van der Waals surface area contributed by atoms with E-state index in [2.05, 4.69) is 10.2 Å². The number of carbonyl (C=O) groups excluding carboxylic acids is 1. The molecule has 0 bridgehead atoms. The zero-order valence-electron chi connectivity index (χ0n) is 12.9. The van der Waals surface area contributed by atoms with E-state index in [1.54, 1.807) is 0 Å². The summed E-state index contributed by atoms with van der Waals surface area (Å²) in [5, 5.41) is 3.66. The standard InChI is InChI=1S/C17H28N2O2/c20-17(16-9-13-3-1-2-4-15(13)18-16)19(14-5-6-14)10-12-7-8-21-11-12/h12-16,18H,1-11H2. The molecule has 21 heavy (non-hydrogen) atoms. The molecule has 118 valence electrons. The number of carbonyl (C=O) groups is 1. The van der Waals surface area contributed by atoms with Gasteiger partial charge in [-0.15, -0.1) is 0 Å². The molecular weight excluding hydrogens is 264 g/mol. The molecule has 0 aromatic carbocycles. The van der Waals surface area contributed by atoms with E-state index in [0.29, 0.717) is 23.9 Å². The third kappa shape index (κ3) is 2.98. The topological polar surface area (TPSA) is 41.6 Å². The largest absolute Gasteiger partial charge is 0.381 e. The van der Waals surface area contributed by atoms with Gasteiger partial charge in [0.25, 0.3) is 0 Å². The normalized spacial score (nSPS) is 39.2. The fraction of sp³-hybridized carbons (Fsp3) is 0.941. The maximum atomic E-state index is 13.0. The van der Waals surface area contributed by atoms with Crippen molar-refractivity contribution in [2.24, 2.45) is 11.8 Å². The smallest absolute Gasteiger partial charge is 0.239 e. The summed E-state index contributed by atoms with van der Waals surface area (Å²) in [5.74, 6) is 1.71. The van der Waals surface area contributed by atoms with E-state index in [0.717, 1.165) is 38.5 Å². The molecule has 2 heterocycles. The minimum absolute atomic E-state index is 0.0982. The van der Waals surface area contributed by atoms with Gasteiger partial charge in [0.1, 0.15) is 0 Å². The van der Waals surface area contributed by atoms with E-state index in [-0.39, 0.29) is 6.04 Å². The monoisotopic (exact) mass is 292 g/mol. The Morgan fingerprint density at radius 2 is 2.00 bits per heavy atom. The van der Waals surface area contributed by atoms with Crippen LogP contribution in [-0.4, -0.2) is 48.7 Å². The van der Waals surface area contributed by atoms with Crippen molar-refractivity contribution in [3.63, 3.8) is 0 Å². The predicted octanol–water partition coefficient (Wildman–Crippen LogP) is 1.93. The number of hydrogen-bond acceptors (Lipinski definition) is 3. The van der Waals surface area contributed by atoms with Crippen LogP contribution in [0, 0.1) is 11.8 Å². The van der Waals surface area contributed by atoms with Crippen molar-refractivity contribution in [3.8, 4) is 0 Å². The molecule has 4 heteroatoms. The van der Waals surface area contributed by atoms with Crippen LogP contribution >= 0.6 is 0 Å². The fourth-order valence-electron chi connectivity index (χ4n) is 4.52. The van der Waals surface area contributed by atoms with Crippen LogP contribution < -0.4 is 5.32 Å². The van der Waals surface area contributed by atoms with Crippen LogP contribution in [0.2, 0.25) is 0 Å². The first-order chi connectivity index (χ1) is 10.3. The van der Waals surface area contributed by atoms with Crippen LogP contribution in [-0.2, 0) is 9.53 Å². The highest BCUT2D eigenvalue weighted by Crippen LogP contribution is 2.36. The number of amides is 1. The molecule has 4 rings (SSSR count). The lowest BCUT2D eigenvalue weighted by atomic mass is 9.85. The van der Waals surface area contributed by atoms with E-state index in [4.69, 9.17) is 4.74 Å². The van der Waals surface area contributed by atoms with Gasteiger partial charge in [-0.3, -0.25) is 4.79 Å². The van der Waals surface area contributed by atoms with Gasteiger partial charge in [0.2, 0.25) is 5.91 Å². The lowest BCUT2D eigenvalue weighted by Gasteiger charge is -2.28. The van der Waals surface area contributed by atoms with Gasteiger partial charge in [-0.2, -0.15) is 0 Å². The summed E-state index contributed by atoms with van der Waals surface area (Å²) in [6, 6.07) is 1.24. The van der Waals surface area contributed by atoms with E-state index >= 15 is 0 Å². The fourth-order valence-corrected chi connectivity index (χ4v) is 4.52. The Morgan fingerprint density at radius 3 is 2.71 bits per heavy atom. The number of rotatable bonds is 4. The molecule has 4 atom stereocenters. The molecule has 0 spiro atoms. The Labute approximate surface area is 127 Å². The van der Waals surface area contributed by atoms with Crippen molar-refractivity contribution < 1.29 is 9.53 Å². The number of nitrogens with one attached hydrogen (secondary N) is 1. The predicted molar refractivity (Wildman–Crippen MR) is 80.9 cm³/mol. The van der Waals surface area contributed by atoms with Gasteiger partial charge in [-0.05, 0) is 44.4 Å². The van der Waals surface area contributed by atoms with Gasteiger partial charge >= 0.3 is 0 Å². The zero-order valence-corrected chi connectivity index (χ0v) is 12.9. The van der Waals surface area contributed by atoms with Gasteiger partial charge in [-0.25, -0.2) is 0 Å². The quantitative estimate of drug-likeness (QED) is 0.861. The van der Waals surface area contributed by atoms with E-state index in [9.17, 15) is 4.79 Å². The summed E-state index contributed by atoms with van der Waals surface area (Å²) in [5.41, 5.74) is 0. The van der Waals surface area contributed by atoms with Crippen LogP contribution in [0.3, 0.4) is 0 Å². The van der Waals surface area contributed by atoms with E-state index < -0.39 is 0 Å². The highest BCUT2D eigenvalue weighted by molar-refractivity contribution is 5.83. The summed E-state index contributed by atoms with van der Waals surface area (Å²) < 4.78 is 5.49. The Balaban J connectivity index is 1.39. The maximum absolute atomic E-state index is 13.0. The van der Waals surface area contributed by atoms with Gasteiger partial charge in [-0.1, -0.05) is 12.8 Å². The third-order valence-electron chi connectivity index (χ3n) is 5.91. The number of ether oxygens (including phenoxy) is 1. The average molecular weight is 292 g/mol. The molecule has 2 saturated carbocycles. The van der Waals surface area contributed by atoms with Gasteiger partial charge in [0, 0.05) is 31.2 Å². The van der Waals surface area contributed by atoms with Gasteiger partial charge in [0.05, 0.1) is 12.6 Å². The first-order valence-corrected chi connectivity index (χ1v) is 8.95. The molecule has 4 nitrogen and oxygen atoms in total.